The molecule has 0 saturated heterocycles. The summed E-state index contributed by atoms with van der Waals surface area (Å²) in [5.41, 5.74) is 6.98. The summed E-state index contributed by atoms with van der Waals surface area (Å²) < 4.78 is 0. The molecule has 1 aliphatic carbocycles. The summed E-state index contributed by atoms with van der Waals surface area (Å²) in [6.45, 7) is 4.53. The Balaban J connectivity index is 2.27. The van der Waals surface area contributed by atoms with Gasteiger partial charge in [0.2, 0.25) is 0 Å². The fourth-order valence-electron chi connectivity index (χ4n) is 4.45. The van der Waals surface area contributed by atoms with Crippen LogP contribution in [0.4, 0.5) is 0 Å². The Morgan fingerprint density at radius 1 is 1.29 bits per heavy atom. The van der Waals surface area contributed by atoms with Crippen molar-refractivity contribution in [1.29, 1.82) is 15.8 Å². The average Bonchev–Trinajstić information content (AvgIpc) is 2.73. The highest BCUT2D eigenvalue weighted by Crippen LogP contribution is 2.54. The average molecular weight is 390 g/mol. The van der Waals surface area contributed by atoms with Gasteiger partial charge in [0.15, 0.2) is 5.41 Å². The molecule has 0 aromatic heterocycles. The molecule has 2 atom stereocenters. The molecule has 0 spiro atoms. The quantitative estimate of drug-likeness (QED) is 0.791. The number of hydrogen-bond donors (Lipinski definition) is 1. The fourth-order valence-corrected chi connectivity index (χ4v) is 4.92. The van der Waals surface area contributed by atoms with E-state index in [2.05, 4.69) is 36.1 Å². The van der Waals surface area contributed by atoms with Gasteiger partial charge < -0.3 is 5.73 Å². The van der Waals surface area contributed by atoms with Crippen molar-refractivity contribution in [2.75, 3.05) is 25.9 Å². The van der Waals surface area contributed by atoms with Gasteiger partial charge in [-0.25, -0.2) is 0 Å². The van der Waals surface area contributed by atoms with Crippen molar-refractivity contribution in [2.24, 2.45) is 17.1 Å². The third kappa shape index (κ3) is 3.08. The molecule has 5 nitrogen and oxygen atoms in total. The van der Waals surface area contributed by atoms with E-state index in [1.165, 1.54) is 0 Å². The van der Waals surface area contributed by atoms with Gasteiger partial charge in [-0.3, -0.25) is 4.90 Å². The molecule has 6 heteroatoms. The first-order valence-electron chi connectivity index (χ1n) is 9.35. The van der Waals surface area contributed by atoms with Crippen LogP contribution < -0.4 is 5.73 Å². The summed E-state index contributed by atoms with van der Waals surface area (Å²) in [7, 11) is 0. The number of nitrogens with zero attached hydrogens (tertiary/aromatic N) is 4. The number of thioether (sulfide) groups is 1. The van der Waals surface area contributed by atoms with Crippen LogP contribution in [0.1, 0.15) is 24.8 Å². The lowest BCUT2D eigenvalue weighted by Crippen LogP contribution is -2.48. The molecule has 0 saturated carbocycles. The molecule has 1 aromatic rings. The Kier molecular flexibility index (Phi) is 5.80. The summed E-state index contributed by atoms with van der Waals surface area (Å²) in [6, 6.07) is 14.6. The van der Waals surface area contributed by atoms with Crippen molar-refractivity contribution in [3.05, 3.63) is 52.7 Å². The first-order valence-corrected chi connectivity index (χ1v) is 10.6. The highest BCUT2D eigenvalue weighted by molar-refractivity contribution is 7.98. The van der Waals surface area contributed by atoms with Crippen LogP contribution >= 0.6 is 11.8 Å². The molecule has 0 fully saturated rings. The zero-order chi connectivity index (χ0) is 20.3. The lowest BCUT2D eigenvalue weighted by Gasteiger charge is -2.45. The van der Waals surface area contributed by atoms with Gasteiger partial charge in [-0.15, -0.1) is 11.8 Å². The number of hydrogen-bond acceptors (Lipinski definition) is 6. The first-order chi connectivity index (χ1) is 13.6. The van der Waals surface area contributed by atoms with Crippen LogP contribution in [0, 0.1) is 45.3 Å². The Hall–Kier alpha value is -2.72. The van der Waals surface area contributed by atoms with Crippen LogP contribution in [0.3, 0.4) is 0 Å². The number of rotatable bonds is 4. The predicted molar refractivity (Wildman–Crippen MR) is 110 cm³/mol. The molecule has 28 heavy (non-hydrogen) atoms. The monoisotopic (exact) mass is 389 g/mol. The SMILES string of the molecule is CCCN1CC=C2C(C#N)=C(N)C(C#N)(C#N)[C@H](c3cccc(SC)c3)[C@@H]2C1. The fraction of sp³-hybridized carbons (Fsp3) is 0.409. The van der Waals surface area contributed by atoms with Gasteiger partial charge in [-0.2, -0.15) is 15.8 Å². The smallest absolute Gasteiger partial charge is 0.191 e. The zero-order valence-corrected chi connectivity index (χ0v) is 17.0. The molecule has 2 aliphatic rings. The zero-order valence-electron chi connectivity index (χ0n) is 16.1. The minimum atomic E-state index is -1.56. The van der Waals surface area contributed by atoms with Crippen LogP contribution in [0.5, 0.6) is 0 Å². The van der Waals surface area contributed by atoms with E-state index in [-0.39, 0.29) is 11.6 Å². The molecule has 142 valence electrons. The van der Waals surface area contributed by atoms with E-state index in [0.29, 0.717) is 12.1 Å². The molecular weight excluding hydrogens is 366 g/mol. The summed E-state index contributed by atoms with van der Waals surface area (Å²) in [5.74, 6) is -0.545. The van der Waals surface area contributed by atoms with E-state index < -0.39 is 11.3 Å². The van der Waals surface area contributed by atoms with Gasteiger partial charge in [-0.05, 0) is 42.5 Å². The molecule has 1 heterocycles. The van der Waals surface area contributed by atoms with Crippen molar-refractivity contribution in [2.45, 2.75) is 24.2 Å². The van der Waals surface area contributed by atoms with Gasteiger partial charge in [0.1, 0.15) is 6.07 Å². The Morgan fingerprint density at radius 3 is 2.64 bits per heavy atom. The summed E-state index contributed by atoms with van der Waals surface area (Å²) in [4.78, 5) is 3.39. The highest BCUT2D eigenvalue weighted by atomic mass is 32.2. The summed E-state index contributed by atoms with van der Waals surface area (Å²) in [6.07, 6.45) is 5.07. The molecule has 1 aliphatic heterocycles. The minimum Gasteiger partial charge on any atom is -0.399 e. The van der Waals surface area contributed by atoms with Crippen LogP contribution in [-0.2, 0) is 0 Å². The molecule has 1 aromatic carbocycles. The maximum atomic E-state index is 10.1. The Morgan fingerprint density at radius 2 is 2.04 bits per heavy atom. The second kappa shape index (κ2) is 8.11. The lowest BCUT2D eigenvalue weighted by atomic mass is 9.58. The molecule has 2 N–H and O–H groups in total. The standard InChI is InChI=1S/C22H23N5S/c1-3-8-27-9-7-17-18(11-23)21(26)22(13-24,14-25)20(19(17)12-27)15-5-4-6-16(10-15)28-2/h4-7,10,19-20H,3,8-9,12,26H2,1-2H3/t19-,20-/m1/s1. The number of nitriles is 3. The molecule has 0 unspecified atom stereocenters. The van der Waals surface area contributed by atoms with Crippen molar-refractivity contribution in [3.8, 4) is 18.2 Å². The van der Waals surface area contributed by atoms with E-state index >= 15 is 0 Å². The van der Waals surface area contributed by atoms with E-state index in [0.717, 1.165) is 35.5 Å². The topological polar surface area (TPSA) is 101 Å². The van der Waals surface area contributed by atoms with E-state index in [4.69, 9.17) is 5.73 Å². The van der Waals surface area contributed by atoms with Crippen LogP contribution in [-0.4, -0.2) is 30.8 Å². The van der Waals surface area contributed by atoms with Crippen molar-refractivity contribution < 1.29 is 0 Å². The van der Waals surface area contributed by atoms with Crippen molar-refractivity contribution in [1.82, 2.24) is 4.90 Å². The minimum absolute atomic E-state index is 0.0889. The van der Waals surface area contributed by atoms with Crippen LogP contribution in [0.25, 0.3) is 0 Å². The largest absolute Gasteiger partial charge is 0.399 e. The van der Waals surface area contributed by atoms with Crippen molar-refractivity contribution >= 4 is 11.8 Å². The second-order valence-corrected chi connectivity index (χ2v) is 8.09. The van der Waals surface area contributed by atoms with Gasteiger partial charge >= 0.3 is 0 Å². The van der Waals surface area contributed by atoms with Crippen LogP contribution in [0.2, 0.25) is 0 Å². The second-order valence-electron chi connectivity index (χ2n) is 7.21. The van der Waals surface area contributed by atoms with Gasteiger partial charge in [0.05, 0.1) is 23.4 Å². The van der Waals surface area contributed by atoms with E-state index in [1.807, 2.05) is 30.5 Å². The Labute approximate surface area is 170 Å². The summed E-state index contributed by atoms with van der Waals surface area (Å²) in [5, 5.41) is 30.0. The number of benzene rings is 1. The maximum Gasteiger partial charge on any atom is 0.191 e. The highest BCUT2D eigenvalue weighted by Gasteiger charge is 2.54. The van der Waals surface area contributed by atoms with Gasteiger partial charge in [0.25, 0.3) is 0 Å². The lowest BCUT2D eigenvalue weighted by molar-refractivity contribution is 0.207. The number of fused-ring (bicyclic) bond motifs is 1. The van der Waals surface area contributed by atoms with Crippen molar-refractivity contribution in [3.63, 3.8) is 0 Å². The molecule has 3 rings (SSSR count). The van der Waals surface area contributed by atoms with Gasteiger partial charge in [-0.1, -0.05) is 25.1 Å². The third-order valence-corrected chi connectivity index (χ3v) is 6.46. The number of allylic oxidation sites excluding steroid dienone is 2. The summed E-state index contributed by atoms with van der Waals surface area (Å²) >= 11 is 1.62. The first kappa shape index (κ1) is 20.0. The third-order valence-electron chi connectivity index (χ3n) is 5.73. The predicted octanol–water partition coefficient (Wildman–Crippen LogP) is 3.54. The molecule has 0 bridgehead atoms. The molecule has 0 amide bonds. The van der Waals surface area contributed by atoms with Gasteiger partial charge in [0, 0.05) is 29.8 Å². The Bertz CT molecular complexity index is 942. The normalized spacial score (nSPS) is 23.8. The van der Waals surface area contributed by atoms with E-state index in [1.54, 1.807) is 11.8 Å². The van der Waals surface area contributed by atoms with E-state index in [9.17, 15) is 15.8 Å². The van der Waals surface area contributed by atoms with Crippen LogP contribution in [0.15, 0.2) is 52.1 Å². The number of nitrogens with two attached hydrogens (primary N) is 1. The molecular formula is C22H23N5S. The maximum absolute atomic E-state index is 10.1. The molecule has 0 radical (unpaired) electrons.